The SMILES string of the molecule is COC(=O)[C@H]1CCN(C(=O)Nc2cccc(-n3cccc3)c2)C[C@@H]1C. The number of hydrogen-bond donors (Lipinski definition) is 1. The maximum atomic E-state index is 12.5. The van der Waals surface area contributed by atoms with Crippen molar-refractivity contribution in [2.75, 3.05) is 25.5 Å². The van der Waals surface area contributed by atoms with Crippen LogP contribution in [-0.4, -0.2) is 41.7 Å². The number of hydrogen-bond acceptors (Lipinski definition) is 3. The third kappa shape index (κ3) is 3.84. The van der Waals surface area contributed by atoms with Crippen LogP contribution < -0.4 is 5.32 Å². The number of benzene rings is 1. The molecule has 0 unspecified atom stereocenters. The number of ether oxygens (including phenoxy) is 1. The third-order valence-electron chi connectivity index (χ3n) is 4.70. The lowest BCUT2D eigenvalue weighted by Gasteiger charge is -2.35. The quantitative estimate of drug-likeness (QED) is 0.873. The Morgan fingerprint density at radius 3 is 2.64 bits per heavy atom. The molecular formula is C19H23N3O3. The average molecular weight is 341 g/mol. The minimum absolute atomic E-state index is 0.0816. The van der Waals surface area contributed by atoms with Gasteiger partial charge in [-0.25, -0.2) is 4.79 Å². The van der Waals surface area contributed by atoms with E-state index >= 15 is 0 Å². The summed E-state index contributed by atoms with van der Waals surface area (Å²) in [4.78, 5) is 26.1. The van der Waals surface area contributed by atoms with Crippen LogP contribution in [0.2, 0.25) is 0 Å². The Balaban J connectivity index is 1.63. The highest BCUT2D eigenvalue weighted by atomic mass is 16.5. The molecule has 3 rings (SSSR count). The summed E-state index contributed by atoms with van der Waals surface area (Å²) in [7, 11) is 1.41. The number of urea groups is 1. The number of nitrogens with one attached hydrogen (secondary N) is 1. The fraction of sp³-hybridized carbons (Fsp3) is 0.368. The Hall–Kier alpha value is -2.76. The number of piperidine rings is 1. The molecule has 0 bridgehead atoms. The predicted molar refractivity (Wildman–Crippen MR) is 95.6 cm³/mol. The van der Waals surface area contributed by atoms with Crippen LogP contribution in [0, 0.1) is 11.8 Å². The first-order valence-electron chi connectivity index (χ1n) is 8.45. The van der Waals surface area contributed by atoms with Gasteiger partial charge in [0.1, 0.15) is 0 Å². The summed E-state index contributed by atoms with van der Waals surface area (Å²) in [5, 5.41) is 2.95. The highest BCUT2D eigenvalue weighted by Gasteiger charge is 2.33. The zero-order chi connectivity index (χ0) is 17.8. The molecule has 0 aliphatic carbocycles. The van der Waals surface area contributed by atoms with E-state index in [0.29, 0.717) is 19.5 Å². The Labute approximate surface area is 147 Å². The van der Waals surface area contributed by atoms with Crippen molar-refractivity contribution in [1.82, 2.24) is 9.47 Å². The van der Waals surface area contributed by atoms with Gasteiger partial charge in [-0.3, -0.25) is 4.79 Å². The van der Waals surface area contributed by atoms with E-state index in [9.17, 15) is 9.59 Å². The van der Waals surface area contributed by atoms with Crippen LogP contribution in [0.3, 0.4) is 0 Å². The topological polar surface area (TPSA) is 63.6 Å². The zero-order valence-electron chi connectivity index (χ0n) is 14.5. The van der Waals surface area contributed by atoms with Gasteiger partial charge in [0.15, 0.2) is 0 Å². The van der Waals surface area contributed by atoms with Gasteiger partial charge in [0, 0.05) is 36.9 Å². The van der Waals surface area contributed by atoms with Crippen LogP contribution >= 0.6 is 0 Å². The maximum absolute atomic E-state index is 12.5. The Bertz CT molecular complexity index is 742. The second-order valence-corrected chi connectivity index (χ2v) is 6.41. The Morgan fingerprint density at radius 2 is 1.96 bits per heavy atom. The summed E-state index contributed by atoms with van der Waals surface area (Å²) in [5.41, 5.74) is 1.74. The van der Waals surface area contributed by atoms with Crippen molar-refractivity contribution in [3.8, 4) is 5.69 Å². The molecule has 2 amide bonds. The largest absolute Gasteiger partial charge is 0.469 e. The van der Waals surface area contributed by atoms with Crippen LogP contribution in [-0.2, 0) is 9.53 Å². The monoisotopic (exact) mass is 341 g/mol. The fourth-order valence-corrected chi connectivity index (χ4v) is 3.29. The summed E-state index contributed by atoms with van der Waals surface area (Å²) in [5.74, 6) is -0.240. The van der Waals surface area contributed by atoms with Crippen molar-refractivity contribution in [2.45, 2.75) is 13.3 Å². The van der Waals surface area contributed by atoms with E-state index in [2.05, 4.69) is 5.32 Å². The molecule has 0 spiro atoms. The molecule has 2 atom stereocenters. The Morgan fingerprint density at radius 1 is 1.20 bits per heavy atom. The summed E-state index contributed by atoms with van der Waals surface area (Å²) >= 11 is 0. The average Bonchev–Trinajstić information content (AvgIpc) is 3.16. The molecule has 1 aliphatic rings. The van der Waals surface area contributed by atoms with Gasteiger partial charge >= 0.3 is 12.0 Å². The van der Waals surface area contributed by atoms with E-state index < -0.39 is 0 Å². The lowest BCUT2D eigenvalue weighted by atomic mass is 9.87. The molecule has 0 saturated carbocycles. The number of nitrogens with zero attached hydrogens (tertiary/aromatic N) is 2. The highest BCUT2D eigenvalue weighted by molar-refractivity contribution is 5.90. The van der Waals surface area contributed by atoms with E-state index in [4.69, 9.17) is 4.74 Å². The van der Waals surface area contributed by atoms with Crippen LogP contribution in [0.4, 0.5) is 10.5 Å². The normalized spacial score (nSPS) is 20.2. The molecule has 1 fully saturated rings. The standard InChI is InChI=1S/C19H23N3O3/c1-14-13-22(11-8-17(14)18(23)25-2)19(24)20-15-6-5-7-16(12-15)21-9-3-4-10-21/h3-7,9-10,12,14,17H,8,11,13H2,1-2H3,(H,20,24)/t14-,17-/m0/s1. The summed E-state index contributed by atoms with van der Waals surface area (Å²) in [6.07, 6.45) is 4.55. The van der Waals surface area contributed by atoms with E-state index in [0.717, 1.165) is 11.4 Å². The second-order valence-electron chi connectivity index (χ2n) is 6.41. The van der Waals surface area contributed by atoms with Gasteiger partial charge in [-0.2, -0.15) is 0 Å². The number of anilines is 1. The van der Waals surface area contributed by atoms with Gasteiger partial charge in [-0.05, 0) is 42.7 Å². The molecule has 132 valence electrons. The molecule has 1 aromatic carbocycles. The van der Waals surface area contributed by atoms with Gasteiger partial charge in [0.2, 0.25) is 0 Å². The first-order chi connectivity index (χ1) is 12.1. The van der Waals surface area contributed by atoms with Crippen molar-refractivity contribution in [2.24, 2.45) is 11.8 Å². The minimum atomic E-state index is -0.188. The highest BCUT2D eigenvalue weighted by Crippen LogP contribution is 2.25. The number of carbonyl (C=O) groups is 2. The first kappa shape index (κ1) is 17.1. The number of esters is 1. The van der Waals surface area contributed by atoms with Crippen LogP contribution in [0.15, 0.2) is 48.8 Å². The molecule has 1 aliphatic heterocycles. The minimum Gasteiger partial charge on any atom is -0.469 e. The van der Waals surface area contributed by atoms with Crippen molar-refractivity contribution >= 4 is 17.7 Å². The van der Waals surface area contributed by atoms with Crippen molar-refractivity contribution < 1.29 is 14.3 Å². The molecule has 2 aromatic rings. The van der Waals surface area contributed by atoms with Gasteiger partial charge in [-0.15, -0.1) is 0 Å². The molecule has 2 heterocycles. The van der Waals surface area contributed by atoms with Crippen LogP contribution in [0.5, 0.6) is 0 Å². The van der Waals surface area contributed by atoms with Gasteiger partial charge in [0.05, 0.1) is 13.0 Å². The van der Waals surface area contributed by atoms with Gasteiger partial charge < -0.3 is 19.5 Å². The van der Waals surface area contributed by atoms with Crippen molar-refractivity contribution in [1.29, 1.82) is 0 Å². The van der Waals surface area contributed by atoms with Gasteiger partial charge in [0.25, 0.3) is 0 Å². The van der Waals surface area contributed by atoms with E-state index in [-0.39, 0.29) is 23.8 Å². The Kier molecular flexibility index (Phi) is 5.07. The van der Waals surface area contributed by atoms with E-state index in [1.165, 1.54) is 7.11 Å². The molecule has 1 saturated heterocycles. The number of rotatable bonds is 3. The first-order valence-corrected chi connectivity index (χ1v) is 8.45. The van der Waals surface area contributed by atoms with Crippen LogP contribution in [0.25, 0.3) is 5.69 Å². The smallest absolute Gasteiger partial charge is 0.321 e. The third-order valence-corrected chi connectivity index (χ3v) is 4.70. The number of methoxy groups -OCH3 is 1. The van der Waals surface area contributed by atoms with Crippen molar-refractivity contribution in [3.05, 3.63) is 48.8 Å². The van der Waals surface area contributed by atoms with E-state index in [1.54, 1.807) is 4.90 Å². The lowest BCUT2D eigenvalue weighted by molar-refractivity contribution is -0.148. The summed E-state index contributed by atoms with van der Waals surface area (Å²) in [6, 6.07) is 11.5. The number of amides is 2. The number of likely N-dealkylation sites (tertiary alicyclic amines) is 1. The number of aromatic nitrogens is 1. The van der Waals surface area contributed by atoms with Crippen LogP contribution in [0.1, 0.15) is 13.3 Å². The van der Waals surface area contributed by atoms with Crippen molar-refractivity contribution in [3.63, 3.8) is 0 Å². The molecule has 25 heavy (non-hydrogen) atoms. The summed E-state index contributed by atoms with van der Waals surface area (Å²) < 4.78 is 6.83. The number of carbonyl (C=O) groups excluding carboxylic acids is 2. The molecule has 1 aromatic heterocycles. The van der Waals surface area contributed by atoms with E-state index in [1.807, 2.05) is 60.3 Å². The molecule has 0 radical (unpaired) electrons. The lowest BCUT2D eigenvalue weighted by Crippen LogP contribution is -2.46. The zero-order valence-corrected chi connectivity index (χ0v) is 14.5. The van der Waals surface area contributed by atoms with Gasteiger partial charge in [-0.1, -0.05) is 13.0 Å². The predicted octanol–water partition coefficient (Wildman–Crippen LogP) is 3.14. The fourth-order valence-electron chi connectivity index (χ4n) is 3.29. The summed E-state index contributed by atoms with van der Waals surface area (Å²) in [6.45, 7) is 3.07. The molecular weight excluding hydrogens is 318 g/mol. The molecule has 6 heteroatoms. The molecule has 6 nitrogen and oxygen atoms in total. The second kappa shape index (κ2) is 7.42. The maximum Gasteiger partial charge on any atom is 0.321 e. The molecule has 1 N–H and O–H groups in total.